The maximum absolute atomic E-state index is 11.9. The maximum Gasteiger partial charge on any atom is 0.311 e. The van der Waals surface area contributed by atoms with Crippen LogP contribution in [0.4, 0.5) is 0 Å². The Kier molecular flexibility index (Phi) is 4.11. The lowest BCUT2D eigenvalue weighted by Gasteiger charge is -2.08. The third kappa shape index (κ3) is 3.47. The van der Waals surface area contributed by atoms with E-state index in [0.29, 0.717) is 12.1 Å². The Morgan fingerprint density at radius 2 is 0.957 bits per heavy atom. The molecule has 4 N–H and O–H groups in total. The molecule has 0 spiro atoms. The molecule has 0 aromatic heterocycles. The monoisotopic (exact) mass is 362 g/mol. The Hall–Kier alpha value is -2.50. The summed E-state index contributed by atoms with van der Waals surface area (Å²) in [5.74, 6) is -2.77. The number of aromatic hydroxyl groups is 4. The highest BCUT2D eigenvalue weighted by molar-refractivity contribution is 7.99. The van der Waals surface area contributed by atoms with Gasteiger partial charge in [0.05, 0.1) is 9.79 Å². The number of phenolic OH excluding ortho intramolecular Hbond substituents is 4. The van der Waals surface area contributed by atoms with Gasteiger partial charge in [0, 0.05) is 12.1 Å². The van der Waals surface area contributed by atoms with E-state index in [1.54, 1.807) is 0 Å². The van der Waals surface area contributed by atoms with Crippen molar-refractivity contribution in [3.63, 3.8) is 0 Å². The van der Waals surface area contributed by atoms with Gasteiger partial charge in [0.15, 0.2) is 23.0 Å². The average molecular weight is 362 g/mol. The van der Waals surface area contributed by atoms with Crippen LogP contribution in [0.2, 0.25) is 0 Å². The van der Waals surface area contributed by atoms with E-state index in [-0.39, 0.29) is 0 Å². The fourth-order valence-electron chi connectivity index (χ4n) is 1.51. The summed E-state index contributed by atoms with van der Waals surface area (Å²) in [5, 5.41) is 36.8. The lowest BCUT2D eigenvalue weighted by Crippen LogP contribution is -2.14. The summed E-state index contributed by atoms with van der Waals surface area (Å²) in [7, 11) is -9.66. The molecule has 0 saturated carbocycles. The summed E-state index contributed by atoms with van der Waals surface area (Å²) >= 11 is 0. The smallest absolute Gasteiger partial charge is 0.311 e. The Balaban J connectivity index is 2.42. The molecule has 0 amide bonds. The van der Waals surface area contributed by atoms with Gasteiger partial charge in [0.2, 0.25) is 0 Å². The highest BCUT2D eigenvalue weighted by Crippen LogP contribution is 2.31. The van der Waals surface area contributed by atoms with E-state index in [2.05, 4.69) is 3.63 Å². The molecule has 23 heavy (non-hydrogen) atoms. The maximum atomic E-state index is 11.9. The SMILES string of the molecule is O=S(=O)(OS(=O)(=O)c1ccc(O)c(O)c1)c1ccc(O)c(O)c1. The zero-order chi connectivity index (χ0) is 17.4. The number of phenols is 4. The van der Waals surface area contributed by atoms with Gasteiger partial charge in [0.25, 0.3) is 0 Å². The summed E-state index contributed by atoms with van der Waals surface area (Å²) < 4.78 is 51.9. The first-order valence-corrected chi connectivity index (χ1v) is 8.60. The highest BCUT2D eigenvalue weighted by atomic mass is 32.3. The van der Waals surface area contributed by atoms with Crippen LogP contribution in [0, 0.1) is 0 Å². The van der Waals surface area contributed by atoms with Crippen LogP contribution in [0.1, 0.15) is 0 Å². The lowest BCUT2D eigenvalue weighted by atomic mass is 10.3. The Morgan fingerprint density at radius 3 is 1.26 bits per heavy atom. The van der Waals surface area contributed by atoms with Crippen molar-refractivity contribution in [3.05, 3.63) is 36.4 Å². The minimum atomic E-state index is -4.83. The fraction of sp³-hybridized carbons (Fsp3) is 0. The van der Waals surface area contributed by atoms with Crippen molar-refractivity contribution in [2.45, 2.75) is 9.79 Å². The molecule has 0 bridgehead atoms. The third-order valence-corrected chi connectivity index (χ3v) is 5.75. The van der Waals surface area contributed by atoms with Crippen LogP contribution < -0.4 is 0 Å². The molecule has 0 aliphatic rings. The van der Waals surface area contributed by atoms with E-state index < -0.39 is 53.0 Å². The lowest BCUT2D eigenvalue weighted by molar-refractivity contribution is 0.400. The fourth-order valence-corrected chi connectivity index (χ4v) is 4.07. The second-order valence-electron chi connectivity index (χ2n) is 4.28. The van der Waals surface area contributed by atoms with Crippen molar-refractivity contribution in [1.29, 1.82) is 0 Å². The van der Waals surface area contributed by atoms with Crippen LogP contribution in [0.15, 0.2) is 46.2 Å². The molecular formula is C12H10O9S2. The molecule has 0 unspecified atom stereocenters. The van der Waals surface area contributed by atoms with Gasteiger partial charge in [-0.2, -0.15) is 16.8 Å². The minimum absolute atomic E-state index is 0.602. The van der Waals surface area contributed by atoms with Gasteiger partial charge in [0.1, 0.15) is 0 Å². The number of hydrogen-bond donors (Lipinski definition) is 4. The van der Waals surface area contributed by atoms with Gasteiger partial charge in [-0.15, -0.1) is 3.63 Å². The molecule has 11 heteroatoms. The molecule has 2 aromatic rings. The number of hydrogen-bond acceptors (Lipinski definition) is 9. The molecule has 2 rings (SSSR count). The molecular weight excluding hydrogens is 352 g/mol. The van der Waals surface area contributed by atoms with Crippen LogP contribution in [0.3, 0.4) is 0 Å². The van der Waals surface area contributed by atoms with E-state index in [9.17, 15) is 27.0 Å². The Bertz CT molecular complexity index is 883. The molecule has 0 aliphatic heterocycles. The molecule has 0 aliphatic carbocycles. The quantitative estimate of drug-likeness (QED) is 0.571. The average Bonchev–Trinajstić information content (AvgIpc) is 2.43. The number of benzene rings is 2. The zero-order valence-electron chi connectivity index (χ0n) is 11.1. The molecule has 0 atom stereocenters. The summed E-state index contributed by atoms with van der Waals surface area (Å²) in [5.41, 5.74) is 0. The van der Waals surface area contributed by atoms with Crippen LogP contribution >= 0.6 is 0 Å². The van der Waals surface area contributed by atoms with E-state index >= 15 is 0 Å². The van der Waals surface area contributed by atoms with Crippen LogP contribution in [0.25, 0.3) is 0 Å². The standard InChI is InChI=1S/C12H10O9S2/c13-9-3-1-7(5-11(9)15)22(17,18)21-23(19,20)8-2-4-10(14)12(16)6-8/h1-6,13-16H. The van der Waals surface area contributed by atoms with Gasteiger partial charge in [-0.1, -0.05) is 0 Å². The number of rotatable bonds is 4. The Morgan fingerprint density at radius 1 is 0.609 bits per heavy atom. The van der Waals surface area contributed by atoms with E-state index in [1.165, 1.54) is 0 Å². The Labute approximate surface area is 130 Å². The zero-order valence-corrected chi connectivity index (χ0v) is 12.7. The first-order valence-electron chi connectivity index (χ1n) is 5.78. The molecule has 9 nitrogen and oxygen atoms in total. The topological polar surface area (TPSA) is 158 Å². The van der Waals surface area contributed by atoms with Crippen molar-refractivity contribution in [2.75, 3.05) is 0 Å². The van der Waals surface area contributed by atoms with Crippen LogP contribution in [-0.4, -0.2) is 37.3 Å². The van der Waals surface area contributed by atoms with Gasteiger partial charge < -0.3 is 20.4 Å². The molecule has 0 saturated heterocycles. The third-order valence-electron chi connectivity index (χ3n) is 2.65. The molecule has 0 heterocycles. The van der Waals surface area contributed by atoms with Crippen LogP contribution in [0.5, 0.6) is 23.0 Å². The second kappa shape index (κ2) is 5.61. The van der Waals surface area contributed by atoms with E-state index in [1.807, 2.05) is 0 Å². The van der Waals surface area contributed by atoms with Crippen molar-refractivity contribution >= 4 is 20.2 Å². The molecule has 2 aromatic carbocycles. The van der Waals surface area contributed by atoms with Crippen LogP contribution in [-0.2, 0) is 23.9 Å². The minimum Gasteiger partial charge on any atom is -0.504 e. The van der Waals surface area contributed by atoms with Crippen molar-refractivity contribution < 1.29 is 40.9 Å². The summed E-state index contributed by atoms with van der Waals surface area (Å²) in [4.78, 5) is -1.42. The first kappa shape index (κ1) is 16.9. The van der Waals surface area contributed by atoms with Gasteiger partial charge in [-0.25, -0.2) is 0 Å². The van der Waals surface area contributed by atoms with Gasteiger partial charge in [-0.3, -0.25) is 0 Å². The van der Waals surface area contributed by atoms with Gasteiger partial charge >= 0.3 is 20.2 Å². The van der Waals surface area contributed by atoms with Crippen molar-refractivity contribution in [2.24, 2.45) is 0 Å². The van der Waals surface area contributed by atoms with Gasteiger partial charge in [-0.05, 0) is 24.3 Å². The predicted molar refractivity (Wildman–Crippen MR) is 75.0 cm³/mol. The first-order chi connectivity index (χ1) is 10.5. The van der Waals surface area contributed by atoms with E-state index in [4.69, 9.17) is 10.2 Å². The molecule has 124 valence electrons. The predicted octanol–water partition coefficient (Wildman–Crippen LogP) is 0.603. The highest BCUT2D eigenvalue weighted by Gasteiger charge is 2.28. The second-order valence-corrected chi connectivity index (χ2v) is 7.58. The molecule has 0 fully saturated rings. The van der Waals surface area contributed by atoms with Crippen molar-refractivity contribution in [3.8, 4) is 23.0 Å². The normalized spacial score (nSPS) is 12.2. The van der Waals surface area contributed by atoms with Crippen molar-refractivity contribution in [1.82, 2.24) is 0 Å². The van der Waals surface area contributed by atoms with E-state index in [0.717, 1.165) is 24.3 Å². The summed E-state index contributed by atoms with van der Waals surface area (Å²) in [6, 6.07) is 4.54. The summed E-state index contributed by atoms with van der Waals surface area (Å²) in [6.45, 7) is 0. The molecule has 0 radical (unpaired) electrons. The largest absolute Gasteiger partial charge is 0.504 e. The summed E-state index contributed by atoms with van der Waals surface area (Å²) in [6.07, 6.45) is 0.